The lowest BCUT2D eigenvalue weighted by atomic mass is 9.94. The summed E-state index contributed by atoms with van der Waals surface area (Å²) in [5, 5.41) is 3.38. The maximum atomic E-state index is 5.76. The highest BCUT2D eigenvalue weighted by Gasteiger charge is 2.24. The van der Waals surface area contributed by atoms with Gasteiger partial charge in [0.15, 0.2) is 0 Å². The average Bonchev–Trinajstić information content (AvgIpc) is 2.73. The van der Waals surface area contributed by atoms with Crippen LogP contribution in [0.1, 0.15) is 51.3 Å². The van der Waals surface area contributed by atoms with E-state index in [0.717, 1.165) is 24.6 Å². The molecule has 3 nitrogen and oxygen atoms in total. The summed E-state index contributed by atoms with van der Waals surface area (Å²) >= 11 is 0. The van der Waals surface area contributed by atoms with E-state index in [1.807, 2.05) is 6.20 Å². The molecule has 1 aliphatic rings. The summed E-state index contributed by atoms with van der Waals surface area (Å²) in [6.07, 6.45) is 4.22. The van der Waals surface area contributed by atoms with Gasteiger partial charge in [-0.1, -0.05) is 20.8 Å². The molecule has 1 aromatic rings. The summed E-state index contributed by atoms with van der Waals surface area (Å²) in [5.74, 6) is 1.83. The first-order chi connectivity index (χ1) is 6.57. The Morgan fingerprint density at radius 3 is 2.79 bits per heavy atom. The molecule has 0 spiro atoms. The minimum absolute atomic E-state index is 0.0594. The molecule has 1 fully saturated rings. The van der Waals surface area contributed by atoms with E-state index in [1.165, 1.54) is 6.42 Å². The van der Waals surface area contributed by atoms with Gasteiger partial charge in [-0.15, -0.1) is 0 Å². The van der Waals surface area contributed by atoms with Crippen LogP contribution in [0.15, 0.2) is 10.6 Å². The van der Waals surface area contributed by atoms with E-state index in [2.05, 4.69) is 31.1 Å². The Morgan fingerprint density at radius 1 is 1.50 bits per heavy atom. The van der Waals surface area contributed by atoms with Crippen LogP contribution in [0.4, 0.5) is 0 Å². The van der Waals surface area contributed by atoms with E-state index in [4.69, 9.17) is 4.42 Å². The van der Waals surface area contributed by atoms with Gasteiger partial charge >= 0.3 is 0 Å². The predicted molar refractivity (Wildman–Crippen MR) is 55.2 cm³/mol. The zero-order chi connectivity index (χ0) is 10.2. The van der Waals surface area contributed by atoms with Crippen LogP contribution < -0.4 is 5.32 Å². The molecule has 0 bridgehead atoms. The Kier molecular flexibility index (Phi) is 2.35. The van der Waals surface area contributed by atoms with Crippen LogP contribution in [0.25, 0.3) is 0 Å². The molecule has 0 saturated carbocycles. The Balaban J connectivity index is 2.17. The van der Waals surface area contributed by atoms with E-state index in [-0.39, 0.29) is 5.41 Å². The molecule has 0 amide bonds. The fourth-order valence-corrected chi connectivity index (χ4v) is 1.69. The number of hydrogen-bond donors (Lipinski definition) is 1. The van der Waals surface area contributed by atoms with E-state index in [9.17, 15) is 0 Å². The largest absolute Gasteiger partial charge is 0.443 e. The molecular formula is C11H18N2O. The lowest BCUT2D eigenvalue weighted by Gasteiger charge is -2.13. The van der Waals surface area contributed by atoms with Crippen molar-refractivity contribution >= 4 is 0 Å². The Hall–Kier alpha value is -0.830. The molecule has 0 aliphatic carbocycles. The monoisotopic (exact) mass is 194 g/mol. The quantitative estimate of drug-likeness (QED) is 0.746. The van der Waals surface area contributed by atoms with Crippen LogP contribution in [0.2, 0.25) is 0 Å². The first kappa shape index (κ1) is 9.71. The van der Waals surface area contributed by atoms with E-state index < -0.39 is 0 Å². The van der Waals surface area contributed by atoms with Crippen LogP contribution in [0.5, 0.6) is 0 Å². The van der Waals surface area contributed by atoms with Crippen LogP contribution in [0, 0.1) is 0 Å². The maximum absolute atomic E-state index is 5.76. The zero-order valence-electron chi connectivity index (χ0n) is 9.13. The first-order valence-electron chi connectivity index (χ1n) is 5.27. The third kappa shape index (κ3) is 1.82. The molecule has 2 heterocycles. The minimum Gasteiger partial charge on any atom is -0.443 e. The minimum atomic E-state index is 0.0594. The summed E-state index contributed by atoms with van der Waals surface area (Å²) in [6.45, 7) is 7.50. The molecule has 1 aliphatic heterocycles. The predicted octanol–water partition coefficient (Wildman–Crippen LogP) is 2.40. The molecule has 1 saturated heterocycles. The lowest BCUT2D eigenvalue weighted by Crippen LogP contribution is -2.13. The van der Waals surface area contributed by atoms with Crippen molar-refractivity contribution in [3.8, 4) is 0 Å². The van der Waals surface area contributed by atoms with Crippen molar-refractivity contribution in [2.24, 2.45) is 0 Å². The summed E-state index contributed by atoms with van der Waals surface area (Å²) in [6, 6.07) is 0.339. The van der Waals surface area contributed by atoms with Gasteiger partial charge in [-0.3, -0.25) is 0 Å². The third-order valence-corrected chi connectivity index (χ3v) is 2.62. The summed E-state index contributed by atoms with van der Waals surface area (Å²) in [4.78, 5) is 4.34. The van der Waals surface area contributed by atoms with Crippen molar-refractivity contribution in [1.29, 1.82) is 0 Å². The van der Waals surface area contributed by atoms with Crippen molar-refractivity contribution in [1.82, 2.24) is 10.3 Å². The molecular weight excluding hydrogens is 176 g/mol. The van der Waals surface area contributed by atoms with Crippen molar-refractivity contribution in [3.05, 3.63) is 17.8 Å². The second kappa shape index (κ2) is 3.39. The van der Waals surface area contributed by atoms with Crippen LogP contribution in [-0.2, 0) is 5.41 Å². The van der Waals surface area contributed by atoms with Crippen molar-refractivity contribution < 1.29 is 4.42 Å². The topological polar surface area (TPSA) is 38.1 Å². The van der Waals surface area contributed by atoms with E-state index in [1.54, 1.807) is 0 Å². The van der Waals surface area contributed by atoms with Gasteiger partial charge in [-0.05, 0) is 19.4 Å². The van der Waals surface area contributed by atoms with Gasteiger partial charge in [0.2, 0.25) is 5.89 Å². The first-order valence-corrected chi connectivity index (χ1v) is 5.27. The normalized spacial score (nSPS) is 22.9. The standard InChI is InChI=1S/C11H18N2O/c1-11(2,3)9-7-13-10(14-9)8-5-4-6-12-8/h7-8,12H,4-6H2,1-3H3/t8-/m0/s1. The number of oxazole rings is 1. The Morgan fingerprint density at radius 2 is 2.29 bits per heavy atom. The van der Waals surface area contributed by atoms with Gasteiger partial charge in [0.25, 0.3) is 0 Å². The van der Waals surface area contributed by atoms with Gasteiger partial charge in [-0.25, -0.2) is 4.98 Å². The average molecular weight is 194 g/mol. The molecule has 1 N–H and O–H groups in total. The molecule has 14 heavy (non-hydrogen) atoms. The zero-order valence-corrected chi connectivity index (χ0v) is 9.13. The van der Waals surface area contributed by atoms with Crippen molar-refractivity contribution in [2.45, 2.75) is 45.1 Å². The van der Waals surface area contributed by atoms with Gasteiger partial charge < -0.3 is 9.73 Å². The number of rotatable bonds is 1. The lowest BCUT2D eigenvalue weighted by molar-refractivity contribution is 0.356. The van der Waals surface area contributed by atoms with Gasteiger partial charge in [0.05, 0.1) is 12.2 Å². The van der Waals surface area contributed by atoms with E-state index in [0.29, 0.717) is 6.04 Å². The van der Waals surface area contributed by atoms with Crippen molar-refractivity contribution in [3.63, 3.8) is 0 Å². The second-order valence-electron chi connectivity index (χ2n) is 4.96. The SMILES string of the molecule is CC(C)(C)c1cnc([C@@H]2CCCN2)o1. The number of nitrogens with zero attached hydrogens (tertiary/aromatic N) is 1. The van der Waals surface area contributed by atoms with Crippen LogP contribution in [0.3, 0.4) is 0 Å². The highest BCUT2D eigenvalue weighted by atomic mass is 16.4. The van der Waals surface area contributed by atoms with Crippen LogP contribution in [-0.4, -0.2) is 11.5 Å². The maximum Gasteiger partial charge on any atom is 0.211 e. The Labute approximate surface area is 84.9 Å². The molecule has 0 aromatic carbocycles. The van der Waals surface area contributed by atoms with E-state index >= 15 is 0 Å². The fourth-order valence-electron chi connectivity index (χ4n) is 1.69. The summed E-state index contributed by atoms with van der Waals surface area (Å²) < 4.78 is 5.76. The summed E-state index contributed by atoms with van der Waals surface area (Å²) in [5.41, 5.74) is 0.0594. The van der Waals surface area contributed by atoms with Crippen molar-refractivity contribution in [2.75, 3.05) is 6.54 Å². The second-order valence-corrected chi connectivity index (χ2v) is 4.96. The summed E-state index contributed by atoms with van der Waals surface area (Å²) in [7, 11) is 0. The molecule has 0 radical (unpaired) electrons. The number of nitrogens with one attached hydrogen (secondary N) is 1. The number of hydrogen-bond acceptors (Lipinski definition) is 3. The molecule has 0 unspecified atom stereocenters. The molecule has 1 aromatic heterocycles. The smallest absolute Gasteiger partial charge is 0.211 e. The highest BCUT2D eigenvalue weighted by Crippen LogP contribution is 2.27. The molecule has 3 heteroatoms. The molecule has 78 valence electrons. The Bertz CT molecular complexity index is 305. The van der Waals surface area contributed by atoms with Gasteiger partial charge in [-0.2, -0.15) is 0 Å². The van der Waals surface area contributed by atoms with Gasteiger partial charge in [0, 0.05) is 5.41 Å². The fraction of sp³-hybridized carbons (Fsp3) is 0.727. The number of aromatic nitrogens is 1. The third-order valence-electron chi connectivity index (χ3n) is 2.62. The van der Waals surface area contributed by atoms with Crippen LogP contribution >= 0.6 is 0 Å². The molecule has 1 atom stereocenters. The van der Waals surface area contributed by atoms with Gasteiger partial charge in [0.1, 0.15) is 5.76 Å². The highest BCUT2D eigenvalue weighted by molar-refractivity contribution is 5.08. The molecule has 2 rings (SSSR count).